The van der Waals surface area contributed by atoms with Crippen molar-refractivity contribution in [1.29, 1.82) is 0 Å². The lowest BCUT2D eigenvalue weighted by atomic mass is 9.93. The molecule has 2 aromatic heterocycles. The number of likely N-dealkylation sites (tertiary alicyclic amines) is 1. The largest absolute Gasteiger partial charge is 0.396 e. The van der Waals surface area contributed by atoms with Crippen LogP contribution in [0.5, 0.6) is 0 Å². The molecule has 22 heavy (non-hydrogen) atoms. The number of aryl methyl sites for hydroxylation is 2. The molecule has 0 radical (unpaired) electrons. The van der Waals surface area contributed by atoms with Crippen LogP contribution < -0.4 is 0 Å². The Labute approximate surface area is 129 Å². The molecule has 2 unspecified atom stereocenters. The van der Waals surface area contributed by atoms with Crippen LogP contribution in [-0.4, -0.2) is 45.2 Å². The van der Waals surface area contributed by atoms with Crippen molar-refractivity contribution in [2.24, 2.45) is 5.92 Å². The van der Waals surface area contributed by atoms with Crippen molar-refractivity contribution in [1.82, 2.24) is 15.0 Å². The van der Waals surface area contributed by atoms with Gasteiger partial charge in [-0.2, -0.15) is 0 Å². The SMILES string of the molecule is Cc1cc(C(=O)N2CC(CO)CCC2C)c2c(C)noc2n1. The number of hydrogen-bond acceptors (Lipinski definition) is 5. The normalized spacial score (nSPS) is 22.3. The van der Waals surface area contributed by atoms with Gasteiger partial charge in [0.25, 0.3) is 11.6 Å². The number of fused-ring (bicyclic) bond motifs is 1. The van der Waals surface area contributed by atoms with Crippen molar-refractivity contribution < 1.29 is 14.4 Å². The second kappa shape index (κ2) is 5.68. The number of aliphatic hydroxyl groups excluding tert-OH is 1. The number of rotatable bonds is 2. The number of aliphatic hydroxyl groups is 1. The van der Waals surface area contributed by atoms with E-state index < -0.39 is 0 Å². The smallest absolute Gasteiger partial charge is 0.258 e. The van der Waals surface area contributed by atoms with Crippen molar-refractivity contribution in [2.45, 2.75) is 39.7 Å². The molecule has 1 amide bonds. The molecule has 1 aliphatic heterocycles. The first-order valence-corrected chi connectivity index (χ1v) is 7.66. The predicted octanol–water partition coefficient (Wildman–Crippen LogP) is 2.07. The molecule has 0 saturated carbocycles. The van der Waals surface area contributed by atoms with E-state index in [-0.39, 0.29) is 24.5 Å². The highest BCUT2D eigenvalue weighted by Gasteiger charge is 2.31. The first kappa shape index (κ1) is 15.0. The van der Waals surface area contributed by atoms with Crippen LogP contribution in [-0.2, 0) is 0 Å². The van der Waals surface area contributed by atoms with E-state index in [1.165, 1.54) is 0 Å². The third kappa shape index (κ3) is 2.47. The van der Waals surface area contributed by atoms with Gasteiger partial charge in [-0.25, -0.2) is 4.98 Å². The maximum absolute atomic E-state index is 13.0. The van der Waals surface area contributed by atoms with Gasteiger partial charge in [-0.1, -0.05) is 5.16 Å². The first-order valence-electron chi connectivity index (χ1n) is 7.66. The van der Waals surface area contributed by atoms with Gasteiger partial charge in [-0.15, -0.1) is 0 Å². The first-order chi connectivity index (χ1) is 10.5. The average molecular weight is 303 g/mol. The van der Waals surface area contributed by atoms with E-state index in [0.717, 1.165) is 18.5 Å². The number of carbonyl (C=O) groups excluding carboxylic acids is 1. The molecule has 0 aromatic carbocycles. The topological polar surface area (TPSA) is 79.5 Å². The summed E-state index contributed by atoms with van der Waals surface area (Å²) in [6.45, 7) is 6.41. The van der Waals surface area contributed by atoms with Gasteiger partial charge in [0.1, 0.15) is 0 Å². The summed E-state index contributed by atoms with van der Waals surface area (Å²) < 4.78 is 5.20. The summed E-state index contributed by atoms with van der Waals surface area (Å²) in [5.41, 5.74) is 2.40. The zero-order valence-corrected chi connectivity index (χ0v) is 13.2. The second-order valence-electron chi connectivity index (χ2n) is 6.19. The number of amides is 1. The van der Waals surface area contributed by atoms with Crippen LogP contribution in [0.25, 0.3) is 11.1 Å². The third-order valence-electron chi connectivity index (χ3n) is 4.47. The van der Waals surface area contributed by atoms with Crippen LogP contribution in [0.4, 0.5) is 0 Å². The number of pyridine rings is 1. The van der Waals surface area contributed by atoms with E-state index >= 15 is 0 Å². The van der Waals surface area contributed by atoms with Gasteiger partial charge in [-0.3, -0.25) is 4.79 Å². The fourth-order valence-electron chi connectivity index (χ4n) is 3.16. The second-order valence-corrected chi connectivity index (χ2v) is 6.19. The molecule has 6 nitrogen and oxygen atoms in total. The monoisotopic (exact) mass is 303 g/mol. The molecule has 118 valence electrons. The molecule has 6 heteroatoms. The lowest BCUT2D eigenvalue weighted by Gasteiger charge is -2.37. The summed E-state index contributed by atoms with van der Waals surface area (Å²) in [4.78, 5) is 19.2. The summed E-state index contributed by atoms with van der Waals surface area (Å²) in [6.07, 6.45) is 1.87. The maximum atomic E-state index is 13.0. The van der Waals surface area contributed by atoms with E-state index in [1.807, 2.05) is 18.7 Å². The molecule has 2 atom stereocenters. The van der Waals surface area contributed by atoms with Crippen LogP contribution in [0, 0.1) is 19.8 Å². The molecule has 1 aliphatic rings. The van der Waals surface area contributed by atoms with Crippen LogP contribution >= 0.6 is 0 Å². The number of piperidine rings is 1. The highest BCUT2D eigenvalue weighted by molar-refractivity contribution is 6.06. The van der Waals surface area contributed by atoms with Crippen molar-refractivity contribution in [2.75, 3.05) is 13.2 Å². The van der Waals surface area contributed by atoms with Gasteiger partial charge >= 0.3 is 0 Å². The Morgan fingerprint density at radius 2 is 2.23 bits per heavy atom. The number of carbonyl (C=O) groups is 1. The molecule has 1 saturated heterocycles. The van der Waals surface area contributed by atoms with Crippen LogP contribution in [0.3, 0.4) is 0 Å². The summed E-state index contributed by atoms with van der Waals surface area (Å²) >= 11 is 0. The van der Waals surface area contributed by atoms with E-state index in [9.17, 15) is 9.90 Å². The minimum atomic E-state index is -0.0348. The lowest BCUT2D eigenvalue weighted by Crippen LogP contribution is -2.46. The van der Waals surface area contributed by atoms with Crippen molar-refractivity contribution >= 4 is 17.0 Å². The Hall–Kier alpha value is -1.95. The van der Waals surface area contributed by atoms with Gasteiger partial charge in [0.15, 0.2) is 0 Å². The Morgan fingerprint density at radius 1 is 1.45 bits per heavy atom. The average Bonchev–Trinajstić information content (AvgIpc) is 2.87. The lowest BCUT2D eigenvalue weighted by molar-refractivity contribution is 0.0490. The van der Waals surface area contributed by atoms with E-state index in [2.05, 4.69) is 17.1 Å². The third-order valence-corrected chi connectivity index (χ3v) is 4.47. The van der Waals surface area contributed by atoms with Crippen LogP contribution in [0.1, 0.15) is 41.5 Å². The molecule has 2 aromatic rings. The maximum Gasteiger partial charge on any atom is 0.258 e. The molecule has 3 rings (SSSR count). The molecular formula is C16H21N3O3. The van der Waals surface area contributed by atoms with E-state index in [1.54, 1.807) is 6.07 Å². The minimum Gasteiger partial charge on any atom is -0.396 e. The summed E-state index contributed by atoms with van der Waals surface area (Å²) in [5, 5.41) is 14.0. The molecule has 3 heterocycles. The van der Waals surface area contributed by atoms with Crippen molar-refractivity contribution in [3.8, 4) is 0 Å². The van der Waals surface area contributed by atoms with Gasteiger partial charge in [0, 0.05) is 24.9 Å². The highest BCUT2D eigenvalue weighted by atomic mass is 16.5. The van der Waals surface area contributed by atoms with Crippen molar-refractivity contribution in [3.05, 3.63) is 23.0 Å². The van der Waals surface area contributed by atoms with Crippen LogP contribution in [0.15, 0.2) is 10.6 Å². The number of hydrogen-bond donors (Lipinski definition) is 1. The quantitative estimate of drug-likeness (QED) is 0.918. The van der Waals surface area contributed by atoms with Crippen LogP contribution in [0.2, 0.25) is 0 Å². The van der Waals surface area contributed by atoms with Gasteiger partial charge in [0.2, 0.25) is 0 Å². The van der Waals surface area contributed by atoms with Gasteiger partial charge in [0.05, 0.1) is 16.6 Å². The van der Waals surface area contributed by atoms with Crippen molar-refractivity contribution in [3.63, 3.8) is 0 Å². The summed E-state index contributed by atoms with van der Waals surface area (Å²) in [7, 11) is 0. The Kier molecular flexibility index (Phi) is 3.87. The zero-order chi connectivity index (χ0) is 15.9. The summed E-state index contributed by atoms with van der Waals surface area (Å²) in [6, 6.07) is 1.96. The van der Waals surface area contributed by atoms with E-state index in [0.29, 0.717) is 28.9 Å². The zero-order valence-electron chi connectivity index (χ0n) is 13.2. The van der Waals surface area contributed by atoms with Gasteiger partial charge < -0.3 is 14.5 Å². The Balaban J connectivity index is 2.02. The Bertz CT molecular complexity index is 710. The predicted molar refractivity (Wildman–Crippen MR) is 81.6 cm³/mol. The minimum absolute atomic E-state index is 0.0348. The Morgan fingerprint density at radius 3 is 2.95 bits per heavy atom. The number of aromatic nitrogens is 2. The highest BCUT2D eigenvalue weighted by Crippen LogP contribution is 2.27. The standard InChI is InChI=1S/C16H21N3O3/c1-9-6-13(14-11(3)18-22-15(14)17-9)16(21)19-7-12(8-20)5-4-10(19)2/h6,10,12,20H,4-5,7-8H2,1-3H3. The molecule has 0 aliphatic carbocycles. The van der Waals surface area contributed by atoms with Gasteiger partial charge in [-0.05, 0) is 45.6 Å². The number of nitrogens with zero attached hydrogens (tertiary/aromatic N) is 3. The molecular weight excluding hydrogens is 282 g/mol. The van der Waals surface area contributed by atoms with E-state index in [4.69, 9.17) is 4.52 Å². The molecule has 1 N–H and O–H groups in total. The fourth-order valence-corrected chi connectivity index (χ4v) is 3.16. The fraction of sp³-hybridized carbons (Fsp3) is 0.562. The molecule has 0 bridgehead atoms. The molecule has 1 fully saturated rings. The summed E-state index contributed by atoms with van der Waals surface area (Å²) in [5.74, 6) is 0.120. The molecule has 0 spiro atoms.